The number of hydrogen-bond donors (Lipinski definition) is 1. The lowest BCUT2D eigenvalue weighted by atomic mass is 9.68. The van der Waals surface area contributed by atoms with Gasteiger partial charge in [0.15, 0.2) is 6.17 Å². The molecule has 0 spiro atoms. The highest BCUT2D eigenvalue weighted by atomic mass is 32.2. The monoisotopic (exact) mass is 781 g/mol. The molecule has 1 N–H and O–H groups in total. The Morgan fingerprint density at radius 1 is 0.963 bits per heavy atom. The van der Waals surface area contributed by atoms with E-state index in [0.29, 0.717) is 72.8 Å². The number of anilines is 1. The van der Waals surface area contributed by atoms with Crippen molar-refractivity contribution in [2.24, 2.45) is 5.41 Å². The average molecular weight is 782 g/mol. The van der Waals surface area contributed by atoms with Gasteiger partial charge in [0.25, 0.3) is 0 Å². The molecule has 6 rings (SSSR count). The van der Waals surface area contributed by atoms with Crippen LogP contribution in [0.3, 0.4) is 0 Å². The Labute approximate surface area is 313 Å². The molecule has 2 aliphatic carbocycles. The van der Waals surface area contributed by atoms with E-state index >= 15 is 4.39 Å². The van der Waals surface area contributed by atoms with E-state index in [4.69, 9.17) is 4.98 Å². The number of pyridine rings is 1. The van der Waals surface area contributed by atoms with Crippen LogP contribution in [0.1, 0.15) is 142 Å². The van der Waals surface area contributed by atoms with Gasteiger partial charge < -0.3 is 10.0 Å². The molecule has 296 valence electrons. The van der Waals surface area contributed by atoms with Crippen molar-refractivity contribution in [3.8, 4) is 0 Å². The van der Waals surface area contributed by atoms with E-state index in [1.807, 2.05) is 18.7 Å². The minimum atomic E-state index is -4.61. The van der Waals surface area contributed by atoms with Gasteiger partial charge in [-0.2, -0.15) is 13.2 Å². The molecule has 0 amide bonds. The van der Waals surface area contributed by atoms with Gasteiger partial charge in [0.1, 0.15) is 0 Å². The summed E-state index contributed by atoms with van der Waals surface area (Å²) < 4.78 is 113. The van der Waals surface area contributed by atoms with Crippen LogP contribution in [0, 0.1) is 5.41 Å². The largest absolute Gasteiger partial charge is 0.416 e. The number of benzene rings is 1. The third-order valence-electron chi connectivity index (χ3n) is 11.3. The third-order valence-corrected chi connectivity index (χ3v) is 13.5. The zero-order valence-corrected chi connectivity index (χ0v) is 32.1. The van der Waals surface area contributed by atoms with E-state index in [1.165, 1.54) is 11.4 Å². The van der Waals surface area contributed by atoms with Crippen molar-refractivity contribution in [2.45, 2.75) is 127 Å². The second-order valence-electron chi connectivity index (χ2n) is 16.4. The first kappa shape index (κ1) is 40.4. The van der Waals surface area contributed by atoms with Crippen molar-refractivity contribution >= 4 is 16.0 Å². The molecule has 0 unspecified atom stereocenters. The molecule has 0 radical (unpaired) electrons. The van der Waals surface area contributed by atoms with Gasteiger partial charge in [-0.05, 0) is 87.0 Å². The number of fused-ring (bicyclic) bond motifs is 1. The lowest BCUT2D eigenvalue weighted by molar-refractivity contribution is -0.137. The summed E-state index contributed by atoms with van der Waals surface area (Å²) in [6.45, 7) is 8.32. The van der Waals surface area contributed by atoms with Crippen LogP contribution in [-0.2, 0) is 29.2 Å². The van der Waals surface area contributed by atoms with Gasteiger partial charge in [-0.25, -0.2) is 35.9 Å². The number of hydrogen-bond acceptors (Lipinski definition) is 7. The molecule has 1 aromatic carbocycles. The van der Waals surface area contributed by atoms with Crippen LogP contribution in [0.4, 0.5) is 32.3 Å². The first-order valence-electron chi connectivity index (χ1n) is 18.6. The van der Waals surface area contributed by atoms with Gasteiger partial charge in [0.05, 0.1) is 22.6 Å². The van der Waals surface area contributed by atoms with Crippen LogP contribution in [0.15, 0.2) is 36.7 Å². The lowest BCUT2D eigenvalue weighted by Crippen LogP contribution is -2.36. The minimum Gasteiger partial charge on any atom is -0.388 e. The molecule has 8 nitrogen and oxygen atoms in total. The molecule has 54 heavy (non-hydrogen) atoms. The zero-order valence-electron chi connectivity index (χ0n) is 31.3. The molecule has 2 aromatic heterocycles. The fourth-order valence-electron chi connectivity index (χ4n) is 8.37. The van der Waals surface area contributed by atoms with Crippen molar-refractivity contribution in [3.05, 3.63) is 81.4 Å². The van der Waals surface area contributed by atoms with Gasteiger partial charge in [-0.1, -0.05) is 26.0 Å². The zero-order chi connectivity index (χ0) is 39.4. The van der Waals surface area contributed by atoms with Crippen LogP contribution in [0.5, 0.6) is 0 Å². The van der Waals surface area contributed by atoms with Crippen LogP contribution in [0.2, 0.25) is 0 Å². The maximum Gasteiger partial charge on any atom is 0.416 e. The van der Waals surface area contributed by atoms with Gasteiger partial charge in [0.2, 0.25) is 21.9 Å². The fourth-order valence-corrected chi connectivity index (χ4v) is 9.42. The Hall–Kier alpha value is -3.30. The predicted octanol–water partition coefficient (Wildman–Crippen LogP) is 8.80. The number of sulfonamides is 1. The van der Waals surface area contributed by atoms with E-state index in [-0.39, 0.29) is 54.7 Å². The van der Waals surface area contributed by atoms with Gasteiger partial charge in [0, 0.05) is 80.2 Å². The minimum absolute atomic E-state index is 0.00298. The SMILES string of the molecule is CC(C)S(=O)(=O)N(C)Cc1cnc(N2CCC(c3nc4c(c(C5CCC(F)(F)CC5)c3[C@@H](F)c3ccc(C(F)(F)F)cc3)[C@@H](O)CC(C)(C)C4)CC2)nc1. The quantitative estimate of drug-likeness (QED) is 0.217. The maximum absolute atomic E-state index is 17.3. The van der Waals surface area contributed by atoms with Crippen molar-refractivity contribution in [1.82, 2.24) is 19.3 Å². The molecule has 2 atom stereocenters. The number of piperidine rings is 1. The highest BCUT2D eigenvalue weighted by Gasteiger charge is 2.44. The van der Waals surface area contributed by atoms with Crippen LogP contribution in [-0.4, -0.2) is 64.1 Å². The highest BCUT2D eigenvalue weighted by Crippen LogP contribution is 2.52. The average Bonchev–Trinajstić information content (AvgIpc) is 3.10. The number of aliphatic hydroxyl groups is 1. The maximum atomic E-state index is 17.3. The van der Waals surface area contributed by atoms with Gasteiger partial charge >= 0.3 is 6.18 Å². The topological polar surface area (TPSA) is 99.5 Å². The third kappa shape index (κ3) is 8.42. The number of halogens is 6. The standard InChI is InChI=1S/C39H49F6N5O3S/c1-23(2)54(52,53)49(5)22-24-20-46-36(47-21-24)50-16-12-27(13-17-50)35-33(34(40)26-6-8-28(9-7-26)39(43,44)45)31(25-10-14-38(41,42)15-11-25)32-29(48-35)18-37(3,4)19-30(32)51/h6-9,20-21,23,25,27,30,34,51H,10-19,22H2,1-5H3/t30-,34-/m0/s1. The first-order chi connectivity index (χ1) is 25.2. The Bertz CT molecular complexity index is 1900. The number of aromatic nitrogens is 3. The Kier molecular flexibility index (Phi) is 11.2. The summed E-state index contributed by atoms with van der Waals surface area (Å²) in [5.74, 6) is -3.17. The summed E-state index contributed by atoms with van der Waals surface area (Å²) in [5.41, 5.74) is 1.61. The molecule has 3 aromatic rings. The number of aliphatic hydroxyl groups excluding tert-OH is 1. The Morgan fingerprint density at radius 2 is 1.56 bits per heavy atom. The van der Waals surface area contributed by atoms with Crippen LogP contribution >= 0.6 is 0 Å². The fraction of sp³-hybridized carbons (Fsp3) is 0.615. The normalized spacial score (nSPS) is 21.7. The molecular formula is C39H49F6N5O3S. The van der Waals surface area contributed by atoms with Crippen LogP contribution < -0.4 is 4.90 Å². The van der Waals surface area contributed by atoms with Crippen molar-refractivity contribution in [1.29, 1.82) is 0 Å². The lowest BCUT2D eigenvalue weighted by Gasteiger charge is -2.41. The Morgan fingerprint density at radius 3 is 2.11 bits per heavy atom. The molecule has 1 saturated carbocycles. The predicted molar refractivity (Wildman–Crippen MR) is 194 cm³/mol. The smallest absolute Gasteiger partial charge is 0.388 e. The summed E-state index contributed by atoms with van der Waals surface area (Å²) in [7, 11) is -1.96. The van der Waals surface area contributed by atoms with E-state index < -0.39 is 51.1 Å². The number of nitrogens with zero attached hydrogens (tertiary/aromatic N) is 5. The van der Waals surface area contributed by atoms with E-state index in [9.17, 15) is 35.5 Å². The molecule has 1 aliphatic heterocycles. The van der Waals surface area contributed by atoms with Crippen molar-refractivity contribution in [2.75, 3.05) is 25.0 Å². The summed E-state index contributed by atoms with van der Waals surface area (Å²) >= 11 is 0. The summed E-state index contributed by atoms with van der Waals surface area (Å²) in [6.07, 6.45) is -3.08. The van der Waals surface area contributed by atoms with E-state index in [2.05, 4.69) is 9.97 Å². The molecule has 2 fully saturated rings. The molecule has 3 heterocycles. The second kappa shape index (κ2) is 15.0. The van der Waals surface area contributed by atoms with E-state index in [1.54, 1.807) is 26.2 Å². The van der Waals surface area contributed by atoms with Crippen LogP contribution in [0.25, 0.3) is 0 Å². The number of alkyl halides is 6. The van der Waals surface area contributed by atoms with Gasteiger partial charge in [-0.15, -0.1) is 0 Å². The van der Waals surface area contributed by atoms with Gasteiger partial charge in [-0.3, -0.25) is 4.98 Å². The summed E-state index contributed by atoms with van der Waals surface area (Å²) in [5, 5.41) is 11.0. The van der Waals surface area contributed by atoms with Crippen molar-refractivity contribution < 1.29 is 39.9 Å². The summed E-state index contributed by atoms with van der Waals surface area (Å²) in [4.78, 5) is 16.1. The molecule has 3 aliphatic rings. The molecule has 15 heteroatoms. The molecule has 0 bridgehead atoms. The number of rotatable bonds is 9. The van der Waals surface area contributed by atoms with E-state index in [0.717, 1.165) is 24.3 Å². The molecule has 1 saturated heterocycles. The van der Waals surface area contributed by atoms with Crippen molar-refractivity contribution in [3.63, 3.8) is 0 Å². The highest BCUT2D eigenvalue weighted by molar-refractivity contribution is 7.89. The summed E-state index contributed by atoms with van der Waals surface area (Å²) in [6, 6.07) is 3.93. The molecular weight excluding hydrogens is 733 g/mol. The second-order valence-corrected chi connectivity index (χ2v) is 19.0. The first-order valence-corrected chi connectivity index (χ1v) is 20.1. The Balaban J connectivity index is 1.36.